The fourth-order valence-corrected chi connectivity index (χ4v) is 8.46. The van der Waals surface area contributed by atoms with Crippen molar-refractivity contribution in [1.82, 2.24) is 0 Å². The van der Waals surface area contributed by atoms with Gasteiger partial charge in [-0.3, -0.25) is 0 Å². The minimum Gasteiger partial charge on any atom is -0.389 e. The van der Waals surface area contributed by atoms with Gasteiger partial charge in [0.15, 0.2) is 17.3 Å². The fourth-order valence-electron chi connectivity index (χ4n) is 8.46. The van der Waals surface area contributed by atoms with E-state index in [1.54, 1.807) is 13.8 Å². The molecule has 0 aromatic carbocycles. The predicted octanol–water partition coefficient (Wildman–Crippen LogP) is -3.82. The van der Waals surface area contributed by atoms with Crippen LogP contribution >= 0.6 is 0 Å². The molecule has 4 saturated carbocycles. The molecule has 0 radical (unpaired) electrons. The van der Waals surface area contributed by atoms with E-state index in [9.17, 15) is 35.7 Å². The minimum atomic E-state index is -3.10. The number of hydrogen-bond acceptors (Lipinski definition) is 10. The molecule has 0 heterocycles. The fraction of sp³-hybridized carbons (Fsp3) is 1.00. The highest BCUT2D eigenvalue weighted by Crippen LogP contribution is 2.99. The van der Waals surface area contributed by atoms with Gasteiger partial charge in [-0.05, 0) is 19.8 Å². The van der Waals surface area contributed by atoms with Crippen LogP contribution in [0.5, 0.6) is 0 Å². The largest absolute Gasteiger partial charge is 0.389 e. The maximum Gasteiger partial charge on any atom is 0.186 e. The Morgan fingerprint density at radius 1 is 0.741 bits per heavy atom. The summed E-state index contributed by atoms with van der Waals surface area (Å²) in [6, 6.07) is 0. The molecule has 0 saturated heterocycles. The third kappa shape index (κ3) is 1.09. The molecule has 0 amide bonds. The summed E-state index contributed by atoms with van der Waals surface area (Å²) in [7, 11) is 0. The maximum absolute atomic E-state index is 11.4. The van der Waals surface area contributed by atoms with Crippen molar-refractivity contribution in [2.24, 2.45) is 44.8 Å². The lowest BCUT2D eigenvalue weighted by atomic mass is 9.26. The molecular formula is C17H31N3O7. The Balaban J connectivity index is 2.21. The lowest BCUT2D eigenvalue weighted by Crippen LogP contribution is -3.06. The molecule has 0 aromatic heterocycles. The molecule has 4 aliphatic rings. The summed E-state index contributed by atoms with van der Waals surface area (Å²) in [5, 5.41) is 78.1. The second-order valence-electron chi connectivity index (χ2n) is 10.3. The molecule has 9 unspecified atom stereocenters. The first-order valence-corrected chi connectivity index (χ1v) is 9.04. The zero-order chi connectivity index (χ0) is 21.3. The normalized spacial score (nSPS) is 70.6. The molecule has 156 valence electrons. The molecule has 0 aliphatic heterocycles. The van der Waals surface area contributed by atoms with E-state index in [4.69, 9.17) is 17.2 Å². The molecule has 27 heavy (non-hydrogen) atoms. The zero-order valence-corrected chi connectivity index (χ0v) is 16.1. The molecule has 4 rings (SSSR count). The summed E-state index contributed by atoms with van der Waals surface area (Å²) in [5.74, 6) is -6.73. The second-order valence-corrected chi connectivity index (χ2v) is 10.3. The Bertz CT molecular complexity index is 772. The van der Waals surface area contributed by atoms with Crippen LogP contribution in [-0.2, 0) is 0 Å². The van der Waals surface area contributed by atoms with Gasteiger partial charge >= 0.3 is 0 Å². The van der Waals surface area contributed by atoms with Crippen LogP contribution < -0.4 is 17.2 Å². The van der Waals surface area contributed by atoms with E-state index in [1.807, 2.05) is 0 Å². The number of rotatable bonds is 0. The summed E-state index contributed by atoms with van der Waals surface area (Å²) in [6.07, 6.45) is -0.737. The van der Waals surface area contributed by atoms with Crippen molar-refractivity contribution in [3.05, 3.63) is 0 Å². The van der Waals surface area contributed by atoms with Gasteiger partial charge in [0.1, 0.15) is 16.7 Å². The van der Waals surface area contributed by atoms with Crippen molar-refractivity contribution in [2.45, 2.75) is 75.2 Å². The molecule has 13 N–H and O–H groups in total. The van der Waals surface area contributed by atoms with E-state index in [2.05, 4.69) is 0 Å². The maximum atomic E-state index is 11.4. The van der Waals surface area contributed by atoms with Gasteiger partial charge in [-0.25, -0.2) is 0 Å². The van der Waals surface area contributed by atoms with Gasteiger partial charge in [-0.1, -0.05) is 20.8 Å². The number of hydrogen-bond donors (Lipinski definition) is 10. The van der Waals surface area contributed by atoms with E-state index in [-0.39, 0.29) is 0 Å². The average Bonchev–Trinajstić information content (AvgIpc) is 2.97. The van der Waals surface area contributed by atoms with Gasteiger partial charge in [0.2, 0.25) is 0 Å². The Labute approximate surface area is 156 Å². The topological polar surface area (TPSA) is 220 Å². The van der Waals surface area contributed by atoms with Crippen LogP contribution in [0.3, 0.4) is 0 Å². The zero-order valence-electron chi connectivity index (χ0n) is 16.1. The highest BCUT2D eigenvalue weighted by Gasteiger charge is 3.12. The van der Waals surface area contributed by atoms with Crippen molar-refractivity contribution in [3.8, 4) is 0 Å². The minimum absolute atomic E-state index is 0.579. The summed E-state index contributed by atoms with van der Waals surface area (Å²) in [5.41, 5.74) is 1.90. The van der Waals surface area contributed by atoms with E-state index in [1.165, 1.54) is 13.8 Å². The molecule has 10 nitrogen and oxygen atoms in total. The van der Waals surface area contributed by atoms with E-state index < -0.39 is 68.2 Å². The highest BCUT2D eigenvalue weighted by atomic mass is 16.5. The van der Waals surface area contributed by atoms with Crippen molar-refractivity contribution < 1.29 is 35.7 Å². The molecular weight excluding hydrogens is 358 g/mol. The third-order valence-corrected chi connectivity index (χ3v) is 10.3. The first kappa shape index (κ1) is 19.9. The van der Waals surface area contributed by atoms with Crippen LogP contribution in [0.1, 0.15) is 41.0 Å². The number of aliphatic hydroxyl groups is 7. The second kappa shape index (κ2) is 3.83. The van der Waals surface area contributed by atoms with Gasteiger partial charge in [-0.15, -0.1) is 0 Å². The van der Waals surface area contributed by atoms with Gasteiger partial charge in [0.25, 0.3) is 0 Å². The quantitative estimate of drug-likeness (QED) is 0.182. The Morgan fingerprint density at radius 2 is 1.19 bits per heavy atom. The third-order valence-electron chi connectivity index (χ3n) is 10.3. The Morgan fingerprint density at radius 3 is 1.59 bits per heavy atom. The Hall–Kier alpha value is -0.400. The van der Waals surface area contributed by atoms with Gasteiger partial charge in [-0.2, -0.15) is 0 Å². The van der Waals surface area contributed by atoms with Crippen molar-refractivity contribution in [1.29, 1.82) is 0 Å². The molecule has 4 aliphatic carbocycles. The molecule has 1 spiro atoms. The van der Waals surface area contributed by atoms with E-state index >= 15 is 0 Å². The number of nitrogens with two attached hydrogens (primary N) is 3. The molecule has 2 bridgehead atoms. The van der Waals surface area contributed by atoms with Crippen molar-refractivity contribution in [3.63, 3.8) is 0 Å². The van der Waals surface area contributed by atoms with Crippen LogP contribution in [0.15, 0.2) is 0 Å². The molecule has 4 fully saturated rings. The van der Waals surface area contributed by atoms with E-state index in [0.29, 0.717) is 0 Å². The Kier molecular flexibility index (Phi) is 2.82. The SMILES string of the molecule is CC1C2(C)C(N)(O)C3(N)C(N)(O)C4(C)C(O)(O)CC(C)(O)C(C)(C4(O)O)C123. The van der Waals surface area contributed by atoms with Gasteiger partial charge in [0.05, 0.1) is 11.0 Å². The average molecular weight is 389 g/mol. The number of fused-ring (bicyclic) bond motifs is 2. The first-order chi connectivity index (χ1) is 11.6. The van der Waals surface area contributed by atoms with Crippen LogP contribution in [0, 0.1) is 27.6 Å². The lowest BCUT2D eigenvalue weighted by molar-refractivity contribution is -0.537. The first-order valence-electron chi connectivity index (χ1n) is 9.04. The van der Waals surface area contributed by atoms with Crippen LogP contribution in [0.25, 0.3) is 0 Å². The summed E-state index contributed by atoms with van der Waals surface area (Å²) >= 11 is 0. The molecule has 0 aromatic rings. The highest BCUT2D eigenvalue weighted by molar-refractivity contribution is 5.58. The van der Waals surface area contributed by atoms with Crippen molar-refractivity contribution in [2.75, 3.05) is 0 Å². The summed E-state index contributed by atoms with van der Waals surface area (Å²) < 4.78 is 0. The lowest BCUT2D eigenvalue weighted by Gasteiger charge is -2.83. The van der Waals surface area contributed by atoms with Crippen LogP contribution in [-0.4, -0.2) is 69.9 Å². The van der Waals surface area contributed by atoms with Gasteiger partial charge < -0.3 is 52.9 Å². The van der Waals surface area contributed by atoms with Crippen molar-refractivity contribution >= 4 is 0 Å². The van der Waals surface area contributed by atoms with Crippen LogP contribution in [0.2, 0.25) is 0 Å². The smallest absolute Gasteiger partial charge is 0.186 e. The summed E-state index contributed by atoms with van der Waals surface area (Å²) in [6.45, 7) is 6.81. The molecule has 10 heteroatoms. The monoisotopic (exact) mass is 389 g/mol. The molecule has 9 atom stereocenters. The van der Waals surface area contributed by atoms with E-state index in [0.717, 1.165) is 6.92 Å². The van der Waals surface area contributed by atoms with Gasteiger partial charge in [0, 0.05) is 17.3 Å². The standard InChI is InChI=1S/C17H31N3O7/c1-7-9(3)13(7)10(4)8(2,21)6-12(22,23)11(5,17(10,26)27)16(20,25)14(13,18)15(9,19)24/h7,21-27H,6,18-20H2,1-5H3. The summed E-state index contributed by atoms with van der Waals surface area (Å²) in [4.78, 5) is 0. The predicted molar refractivity (Wildman–Crippen MR) is 90.7 cm³/mol. The van der Waals surface area contributed by atoms with Crippen LogP contribution in [0.4, 0.5) is 0 Å².